The predicted octanol–water partition coefficient (Wildman–Crippen LogP) is 5.52. The maximum atomic E-state index is 13.4. The molecule has 29 heavy (non-hydrogen) atoms. The summed E-state index contributed by atoms with van der Waals surface area (Å²) in [6, 6.07) is 24.6. The lowest BCUT2D eigenvalue weighted by molar-refractivity contribution is -0.117. The van der Waals surface area contributed by atoms with Crippen molar-refractivity contribution in [2.75, 3.05) is 20.1 Å². The SMILES string of the molecule is CC(=O)CN(C)CCC(Oc1ccc(-c2ccccc2)cc1)c1ccc(F)cc1. The minimum absolute atomic E-state index is 0.128. The van der Waals surface area contributed by atoms with Gasteiger partial charge < -0.3 is 4.74 Å². The van der Waals surface area contributed by atoms with Gasteiger partial charge in [-0.2, -0.15) is 0 Å². The van der Waals surface area contributed by atoms with Gasteiger partial charge in [0.1, 0.15) is 23.5 Å². The van der Waals surface area contributed by atoms with Crippen LogP contribution in [0, 0.1) is 5.82 Å². The molecule has 3 aromatic carbocycles. The van der Waals surface area contributed by atoms with Crippen molar-refractivity contribution >= 4 is 5.78 Å². The fourth-order valence-corrected chi connectivity index (χ4v) is 3.29. The summed E-state index contributed by atoms with van der Waals surface area (Å²) in [5.41, 5.74) is 3.19. The van der Waals surface area contributed by atoms with Gasteiger partial charge in [-0.05, 0) is 54.9 Å². The normalized spacial score (nSPS) is 12.0. The first kappa shape index (κ1) is 20.7. The Balaban J connectivity index is 1.73. The highest BCUT2D eigenvalue weighted by molar-refractivity contribution is 5.77. The quantitative estimate of drug-likeness (QED) is 0.481. The molecule has 0 heterocycles. The van der Waals surface area contributed by atoms with Crippen LogP contribution >= 0.6 is 0 Å². The second-order valence-electron chi connectivity index (χ2n) is 7.28. The lowest BCUT2D eigenvalue weighted by Crippen LogP contribution is -2.27. The molecule has 0 saturated heterocycles. The minimum atomic E-state index is -0.270. The van der Waals surface area contributed by atoms with Crippen molar-refractivity contribution < 1.29 is 13.9 Å². The van der Waals surface area contributed by atoms with Gasteiger partial charge >= 0.3 is 0 Å². The van der Waals surface area contributed by atoms with Crippen LogP contribution in [0.25, 0.3) is 11.1 Å². The number of carbonyl (C=O) groups excluding carboxylic acids is 1. The van der Waals surface area contributed by atoms with E-state index in [4.69, 9.17) is 4.74 Å². The van der Waals surface area contributed by atoms with Crippen molar-refractivity contribution in [1.29, 1.82) is 0 Å². The molecule has 0 N–H and O–H groups in total. The van der Waals surface area contributed by atoms with E-state index in [1.165, 1.54) is 12.1 Å². The number of likely N-dealkylation sites (N-methyl/N-ethyl adjacent to an activating group) is 1. The molecule has 3 aromatic rings. The summed E-state index contributed by atoms with van der Waals surface area (Å²) < 4.78 is 19.6. The third-order valence-electron chi connectivity index (χ3n) is 4.75. The van der Waals surface area contributed by atoms with Gasteiger partial charge in [0.25, 0.3) is 0 Å². The summed E-state index contributed by atoms with van der Waals surface area (Å²) in [6.45, 7) is 2.68. The van der Waals surface area contributed by atoms with Gasteiger partial charge in [-0.15, -0.1) is 0 Å². The van der Waals surface area contributed by atoms with Crippen LogP contribution in [-0.4, -0.2) is 30.8 Å². The molecule has 0 amide bonds. The van der Waals surface area contributed by atoms with Crippen LogP contribution in [0.1, 0.15) is 25.0 Å². The van der Waals surface area contributed by atoms with E-state index < -0.39 is 0 Å². The van der Waals surface area contributed by atoms with E-state index in [-0.39, 0.29) is 17.7 Å². The highest BCUT2D eigenvalue weighted by Crippen LogP contribution is 2.28. The van der Waals surface area contributed by atoms with Crippen LogP contribution in [-0.2, 0) is 4.79 Å². The molecule has 0 aromatic heterocycles. The zero-order valence-corrected chi connectivity index (χ0v) is 16.8. The van der Waals surface area contributed by atoms with E-state index in [0.717, 1.165) is 22.4 Å². The van der Waals surface area contributed by atoms with Crippen LogP contribution in [0.3, 0.4) is 0 Å². The molecule has 0 aliphatic rings. The Bertz CT molecular complexity index is 908. The Morgan fingerprint density at radius 2 is 1.55 bits per heavy atom. The van der Waals surface area contributed by atoms with Crippen molar-refractivity contribution in [3.63, 3.8) is 0 Å². The number of benzene rings is 3. The summed E-state index contributed by atoms with van der Waals surface area (Å²) in [5, 5.41) is 0. The zero-order chi connectivity index (χ0) is 20.6. The fraction of sp³-hybridized carbons (Fsp3) is 0.240. The molecule has 3 rings (SSSR count). The third kappa shape index (κ3) is 6.26. The average molecular weight is 391 g/mol. The van der Waals surface area contributed by atoms with Crippen molar-refractivity contribution in [2.24, 2.45) is 0 Å². The highest BCUT2D eigenvalue weighted by atomic mass is 19.1. The van der Waals surface area contributed by atoms with E-state index in [1.807, 2.05) is 54.4 Å². The number of carbonyl (C=O) groups is 1. The molecule has 0 fully saturated rings. The maximum absolute atomic E-state index is 13.4. The average Bonchev–Trinajstić information content (AvgIpc) is 2.72. The molecule has 0 aliphatic heterocycles. The van der Waals surface area contributed by atoms with E-state index in [9.17, 15) is 9.18 Å². The Morgan fingerprint density at radius 1 is 0.931 bits per heavy atom. The molecule has 0 aliphatic carbocycles. The van der Waals surface area contributed by atoms with E-state index in [0.29, 0.717) is 19.5 Å². The summed E-state index contributed by atoms with van der Waals surface area (Å²) in [4.78, 5) is 13.3. The molecule has 1 unspecified atom stereocenters. The Morgan fingerprint density at radius 3 is 2.17 bits per heavy atom. The first-order valence-corrected chi connectivity index (χ1v) is 9.77. The molecule has 150 valence electrons. The number of nitrogens with zero attached hydrogens (tertiary/aromatic N) is 1. The Kier molecular flexibility index (Phi) is 7.14. The van der Waals surface area contributed by atoms with Gasteiger partial charge in [-0.1, -0.05) is 54.6 Å². The molecular weight excluding hydrogens is 365 g/mol. The van der Waals surface area contributed by atoms with Gasteiger partial charge in [0.15, 0.2) is 0 Å². The number of halogens is 1. The minimum Gasteiger partial charge on any atom is -0.486 e. The largest absolute Gasteiger partial charge is 0.486 e. The van der Waals surface area contributed by atoms with Gasteiger partial charge in [-0.25, -0.2) is 4.39 Å². The second kappa shape index (κ2) is 9.99. The molecule has 0 bridgehead atoms. The summed E-state index contributed by atoms with van der Waals surface area (Å²) >= 11 is 0. The lowest BCUT2D eigenvalue weighted by atomic mass is 10.0. The van der Waals surface area contributed by atoms with Gasteiger partial charge in [0.2, 0.25) is 0 Å². The summed E-state index contributed by atoms with van der Waals surface area (Å²) in [5.74, 6) is 0.616. The number of hydrogen-bond acceptors (Lipinski definition) is 3. The molecule has 4 heteroatoms. The predicted molar refractivity (Wildman–Crippen MR) is 114 cm³/mol. The summed E-state index contributed by atoms with van der Waals surface area (Å²) in [6.07, 6.45) is 0.461. The van der Waals surface area contributed by atoms with Crippen LogP contribution in [0.4, 0.5) is 4.39 Å². The van der Waals surface area contributed by atoms with E-state index in [1.54, 1.807) is 19.1 Å². The Hall–Kier alpha value is -2.98. The fourth-order valence-electron chi connectivity index (χ4n) is 3.29. The van der Waals surface area contributed by atoms with E-state index >= 15 is 0 Å². The molecular formula is C25H26FNO2. The van der Waals surface area contributed by atoms with Crippen molar-refractivity contribution in [3.8, 4) is 16.9 Å². The van der Waals surface area contributed by atoms with Gasteiger partial charge in [0.05, 0.1) is 6.54 Å². The Labute approximate surface area is 171 Å². The van der Waals surface area contributed by atoms with Crippen molar-refractivity contribution in [1.82, 2.24) is 4.90 Å². The summed E-state index contributed by atoms with van der Waals surface area (Å²) in [7, 11) is 1.91. The third-order valence-corrected chi connectivity index (χ3v) is 4.75. The monoisotopic (exact) mass is 391 g/mol. The standard InChI is InChI=1S/C25H26FNO2/c1-19(28)18-27(2)17-16-25(22-8-12-23(26)13-9-22)29-24-14-10-21(11-15-24)20-6-4-3-5-7-20/h3-15,25H,16-18H2,1-2H3. The van der Waals surface area contributed by atoms with Crippen molar-refractivity contribution in [2.45, 2.75) is 19.4 Å². The number of hydrogen-bond donors (Lipinski definition) is 0. The van der Waals surface area contributed by atoms with Crippen LogP contribution < -0.4 is 4.74 Å². The molecule has 0 radical (unpaired) electrons. The van der Waals surface area contributed by atoms with Gasteiger partial charge in [0, 0.05) is 13.0 Å². The molecule has 3 nitrogen and oxygen atoms in total. The van der Waals surface area contributed by atoms with Crippen LogP contribution in [0.2, 0.25) is 0 Å². The topological polar surface area (TPSA) is 29.5 Å². The zero-order valence-electron chi connectivity index (χ0n) is 16.8. The number of rotatable bonds is 9. The number of ether oxygens (including phenoxy) is 1. The second-order valence-corrected chi connectivity index (χ2v) is 7.28. The lowest BCUT2D eigenvalue weighted by Gasteiger charge is -2.23. The van der Waals surface area contributed by atoms with Crippen LogP contribution in [0.5, 0.6) is 5.75 Å². The smallest absolute Gasteiger partial charge is 0.143 e. The molecule has 0 saturated carbocycles. The first-order chi connectivity index (χ1) is 14.0. The number of ketones is 1. The molecule has 0 spiro atoms. The van der Waals surface area contributed by atoms with E-state index in [2.05, 4.69) is 12.1 Å². The maximum Gasteiger partial charge on any atom is 0.143 e. The number of Topliss-reactive ketones (excluding diaryl/α,β-unsaturated/α-hetero) is 1. The highest BCUT2D eigenvalue weighted by Gasteiger charge is 2.15. The van der Waals surface area contributed by atoms with Gasteiger partial charge in [-0.3, -0.25) is 9.69 Å². The van der Waals surface area contributed by atoms with Crippen molar-refractivity contribution in [3.05, 3.63) is 90.2 Å². The van der Waals surface area contributed by atoms with Crippen LogP contribution in [0.15, 0.2) is 78.9 Å². The first-order valence-electron chi connectivity index (χ1n) is 9.77. The molecule has 1 atom stereocenters.